The second-order valence-electron chi connectivity index (χ2n) is 6.08. The van der Waals surface area contributed by atoms with Crippen molar-refractivity contribution >= 4 is 27.7 Å². The van der Waals surface area contributed by atoms with E-state index >= 15 is 0 Å². The van der Waals surface area contributed by atoms with Gasteiger partial charge in [0.15, 0.2) is 0 Å². The van der Waals surface area contributed by atoms with Crippen molar-refractivity contribution in [3.63, 3.8) is 0 Å². The van der Waals surface area contributed by atoms with E-state index in [0.29, 0.717) is 0 Å². The van der Waals surface area contributed by atoms with E-state index in [1.54, 1.807) is 18.0 Å². The molecule has 0 spiro atoms. The lowest BCUT2D eigenvalue weighted by molar-refractivity contribution is 0.589. The molecule has 2 nitrogen and oxygen atoms in total. The van der Waals surface area contributed by atoms with Gasteiger partial charge in [0.1, 0.15) is 5.03 Å². The van der Waals surface area contributed by atoms with Crippen LogP contribution in [-0.2, 0) is 5.41 Å². The van der Waals surface area contributed by atoms with Crippen LogP contribution in [0.4, 0.5) is 0 Å². The minimum Gasteiger partial charge on any atom is -0.323 e. The Morgan fingerprint density at radius 3 is 2.43 bits per heavy atom. The number of thioether (sulfide) groups is 1. The molecule has 2 aromatic rings. The molecule has 0 fully saturated rings. The molecule has 1 atom stereocenters. The van der Waals surface area contributed by atoms with Crippen molar-refractivity contribution in [2.45, 2.75) is 37.3 Å². The van der Waals surface area contributed by atoms with Crippen LogP contribution in [-0.4, -0.2) is 10.7 Å². The first-order chi connectivity index (χ1) is 9.88. The van der Waals surface area contributed by atoms with Crippen molar-refractivity contribution in [3.05, 3.63) is 58.2 Å². The molecule has 21 heavy (non-hydrogen) atoms. The molecule has 0 amide bonds. The average Bonchev–Trinajstić information content (AvgIpc) is 2.45. The molecule has 0 saturated carbocycles. The number of nitrogens with zero attached hydrogens (tertiary/aromatic N) is 1. The lowest BCUT2D eigenvalue weighted by atomic mass is 9.86. The lowest BCUT2D eigenvalue weighted by Gasteiger charge is -2.20. The fourth-order valence-corrected chi connectivity index (χ4v) is 3.44. The van der Waals surface area contributed by atoms with Gasteiger partial charge in [-0.1, -0.05) is 45.0 Å². The molecule has 1 aromatic heterocycles. The third-order valence-corrected chi connectivity index (χ3v) is 5.36. The summed E-state index contributed by atoms with van der Waals surface area (Å²) in [6, 6.07) is 12.6. The Hall–Kier alpha value is -0.840. The highest BCUT2D eigenvalue weighted by molar-refractivity contribution is 9.10. The normalized spacial score (nSPS) is 13.2. The molecule has 2 N–H and O–H groups in total. The molecule has 0 bridgehead atoms. The SMILES string of the molecule is CC(C)(C)c1ccc(C(N)CSc2ncccc2Br)cc1. The van der Waals surface area contributed by atoms with Gasteiger partial charge in [-0.2, -0.15) is 0 Å². The molecule has 0 aliphatic carbocycles. The van der Waals surface area contributed by atoms with Crippen molar-refractivity contribution in [3.8, 4) is 0 Å². The molecule has 0 aliphatic rings. The third kappa shape index (κ3) is 4.56. The summed E-state index contributed by atoms with van der Waals surface area (Å²) in [5.74, 6) is 0.810. The van der Waals surface area contributed by atoms with Gasteiger partial charge in [0, 0.05) is 22.5 Å². The summed E-state index contributed by atoms with van der Waals surface area (Å²) in [5.41, 5.74) is 8.97. The van der Waals surface area contributed by atoms with Crippen LogP contribution in [0.2, 0.25) is 0 Å². The zero-order valence-electron chi connectivity index (χ0n) is 12.6. The first kappa shape index (κ1) is 16.5. The molecule has 1 aromatic carbocycles. The van der Waals surface area contributed by atoms with Gasteiger partial charge in [-0.15, -0.1) is 11.8 Å². The van der Waals surface area contributed by atoms with Crippen molar-refractivity contribution in [2.24, 2.45) is 5.73 Å². The van der Waals surface area contributed by atoms with E-state index in [9.17, 15) is 0 Å². The minimum atomic E-state index is 0.0120. The van der Waals surface area contributed by atoms with Crippen LogP contribution < -0.4 is 5.73 Å². The summed E-state index contributed by atoms with van der Waals surface area (Å²) >= 11 is 5.19. The number of nitrogens with two attached hydrogens (primary N) is 1. The number of hydrogen-bond donors (Lipinski definition) is 1. The van der Waals surface area contributed by atoms with Crippen LogP contribution in [0.25, 0.3) is 0 Å². The molecule has 112 valence electrons. The number of hydrogen-bond acceptors (Lipinski definition) is 3. The maximum Gasteiger partial charge on any atom is 0.110 e. The molecule has 0 saturated heterocycles. The number of pyridine rings is 1. The standard InChI is InChI=1S/C17H21BrN2S/c1-17(2,3)13-8-6-12(7-9-13)15(19)11-21-16-14(18)5-4-10-20-16/h4-10,15H,11,19H2,1-3H3. The summed E-state index contributed by atoms with van der Waals surface area (Å²) in [6.07, 6.45) is 1.80. The molecule has 0 aliphatic heterocycles. The van der Waals surface area contributed by atoms with E-state index in [1.807, 2.05) is 12.1 Å². The van der Waals surface area contributed by atoms with E-state index in [2.05, 4.69) is 66.0 Å². The van der Waals surface area contributed by atoms with Crippen LogP contribution >= 0.6 is 27.7 Å². The Balaban J connectivity index is 2.01. The van der Waals surface area contributed by atoms with Gasteiger partial charge in [-0.3, -0.25) is 0 Å². The van der Waals surface area contributed by atoms with Crippen molar-refractivity contribution in [1.82, 2.24) is 4.98 Å². The van der Waals surface area contributed by atoms with Crippen LogP contribution in [0, 0.1) is 0 Å². The van der Waals surface area contributed by atoms with Crippen LogP contribution in [0.1, 0.15) is 37.9 Å². The Bertz CT molecular complexity index is 590. The van der Waals surface area contributed by atoms with Gasteiger partial charge in [0.2, 0.25) is 0 Å². The zero-order valence-corrected chi connectivity index (χ0v) is 15.0. The Labute approximate surface area is 139 Å². The van der Waals surface area contributed by atoms with Gasteiger partial charge in [-0.05, 0) is 44.6 Å². The number of benzene rings is 1. The predicted octanol–water partition coefficient (Wildman–Crippen LogP) is 4.93. The zero-order chi connectivity index (χ0) is 15.5. The molecule has 1 unspecified atom stereocenters. The molecular formula is C17H21BrN2S. The number of halogens is 1. The fraction of sp³-hybridized carbons (Fsp3) is 0.353. The monoisotopic (exact) mass is 364 g/mol. The van der Waals surface area contributed by atoms with E-state index in [1.165, 1.54) is 11.1 Å². The van der Waals surface area contributed by atoms with Crippen LogP contribution in [0.3, 0.4) is 0 Å². The average molecular weight is 365 g/mol. The van der Waals surface area contributed by atoms with Gasteiger partial charge < -0.3 is 5.73 Å². The largest absolute Gasteiger partial charge is 0.323 e. The second-order valence-corrected chi connectivity index (χ2v) is 7.94. The third-order valence-electron chi connectivity index (χ3n) is 3.33. The Morgan fingerprint density at radius 2 is 1.86 bits per heavy atom. The summed E-state index contributed by atoms with van der Waals surface area (Å²) in [7, 11) is 0. The minimum absolute atomic E-state index is 0.0120. The summed E-state index contributed by atoms with van der Waals surface area (Å²) in [5, 5.41) is 0.985. The second kappa shape index (κ2) is 6.95. The quantitative estimate of drug-likeness (QED) is 0.781. The summed E-state index contributed by atoms with van der Waals surface area (Å²) < 4.78 is 1.02. The van der Waals surface area contributed by atoms with E-state index in [0.717, 1.165) is 15.3 Å². The smallest absolute Gasteiger partial charge is 0.110 e. The van der Waals surface area contributed by atoms with Gasteiger partial charge in [0.05, 0.1) is 0 Å². The summed E-state index contributed by atoms with van der Waals surface area (Å²) in [6.45, 7) is 6.66. The maximum atomic E-state index is 6.29. The first-order valence-electron chi connectivity index (χ1n) is 6.97. The fourth-order valence-electron chi connectivity index (χ4n) is 1.97. The predicted molar refractivity (Wildman–Crippen MR) is 94.7 cm³/mol. The lowest BCUT2D eigenvalue weighted by Crippen LogP contribution is -2.15. The number of rotatable bonds is 4. The van der Waals surface area contributed by atoms with E-state index in [4.69, 9.17) is 5.73 Å². The van der Waals surface area contributed by atoms with E-state index in [-0.39, 0.29) is 11.5 Å². The van der Waals surface area contributed by atoms with Crippen molar-refractivity contribution in [1.29, 1.82) is 0 Å². The first-order valence-corrected chi connectivity index (χ1v) is 8.75. The van der Waals surface area contributed by atoms with Gasteiger partial charge in [0.25, 0.3) is 0 Å². The molecular weight excluding hydrogens is 344 g/mol. The summed E-state index contributed by atoms with van der Waals surface area (Å²) in [4.78, 5) is 4.35. The molecule has 2 rings (SSSR count). The highest BCUT2D eigenvalue weighted by Gasteiger charge is 2.14. The van der Waals surface area contributed by atoms with Crippen LogP contribution in [0.5, 0.6) is 0 Å². The highest BCUT2D eigenvalue weighted by atomic mass is 79.9. The maximum absolute atomic E-state index is 6.29. The molecule has 0 radical (unpaired) electrons. The van der Waals surface area contributed by atoms with Gasteiger partial charge >= 0.3 is 0 Å². The topological polar surface area (TPSA) is 38.9 Å². The van der Waals surface area contributed by atoms with Crippen LogP contribution in [0.15, 0.2) is 52.1 Å². The molecule has 1 heterocycles. The van der Waals surface area contributed by atoms with E-state index < -0.39 is 0 Å². The highest BCUT2D eigenvalue weighted by Crippen LogP contribution is 2.29. The van der Waals surface area contributed by atoms with Crippen molar-refractivity contribution < 1.29 is 0 Å². The Morgan fingerprint density at radius 1 is 1.19 bits per heavy atom. The van der Waals surface area contributed by atoms with Gasteiger partial charge in [-0.25, -0.2) is 4.98 Å². The number of aromatic nitrogens is 1. The Kier molecular flexibility index (Phi) is 5.47. The van der Waals surface area contributed by atoms with Crippen molar-refractivity contribution in [2.75, 3.05) is 5.75 Å². The molecule has 4 heteroatoms.